The lowest BCUT2D eigenvalue weighted by Crippen LogP contribution is -2.34. The van der Waals surface area contributed by atoms with Crippen LogP contribution in [-0.4, -0.2) is 26.0 Å². The van der Waals surface area contributed by atoms with E-state index in [4.69, 9.17) is 5.73 Å². The van der Waals surface area contributed by atoms with Gasteiger partial charge in [-0.2, -0.15) is 11.8 Å². The average Bonchev–Trinajstić information content (AvgIpc) is 2.82. The summed E-state index contributed by atoms with van der Waals surface area (Å²) in [5, 5.41) is 0.558. The van der Waals surface area contributed by atoms with Crippen LogP contribution >= 0.6 is 11.8 Å². The van der Waals surface area contributed by atoms with Crippen molar-refractivity contribution in [1.29, 1.82) is 0 Å². The number of aryl methyl sites for hydroxylation is 2. The molecule has 0 spiro atoms. The zero-order valence-electron chi connectivity index (χ0n) is 13.1. The molecule has 6 heteroatoms. The minimum absolute atomic E-state index is 0.0359. The molecular formula is C15H24N2O2S2. The molecule has 0 bridgehead atoms. The lowest BCUT2D eigenvalue weighted by molar-refractivity contribution is 0.551. The van der Waals surface area contributed by atoms with E-state index in [1.54, 1.807) is 6.92 Å². The van der Waals surface area contributed by atoms with Crippen molar-refractivity contribution in [3.05, 3.63) is 22.8 Å². The Morgan fingerprint density at radius 1 is 1.24 bits per heavy atom. The molecule has 3 N–H and O–H groups in total. The van der Waals surface area contributed by atoms with Gasteiger partial charge in [0.2, 0.25) is 10.0 Å². The van der Waals surface area contributed by atoms with Gasteiger partial charge in [0.25, 0.3) is 0 Å². The minimum atomic E-state index is -3.52. The number of hydrogen-bond acceptors (Lipinski definition) is 4. The predicted molar refractivity (Wildman–Crippen MR) is 90.3 cm³/mol. The first-order chi connectivity index (χ1) is 9.76. The first-order valence-electron chi connectivity index (χ1n) is 7.17. The summed E-state index contributed by atoms with van der Waals surface area (Å²) in [6.07, 6.45) is 4.96. The van der Waals surface area contributed by atoms with Crippen molar-refractivity contribution in [2.24, 2.45) is 0 Å². The van der Waals surface area contributed by atoms with Crippen LogP contribution in [0.1, 0.15) is 36.0 Å². The van der Waals surface area contributed by atoms with Crippen molar-refractivity contribution in [2.45, 2.75) is 56.2 Å². The molecule has 1 saturated carbocycles. The number of benzene rings is 1. The van der Waals surface area contributed by atoms with E-state index in [-0.39, 0.29) is 6.04 Å². The van der Waals surface area contributed by atoms with Crippen molar-refractivity contribution in [3.63, 3.8) is 0 Å². The van der Waals surface area contributed by atoms with Crippen molar-refractivity contribution in [3.8, 4) is 0 Å². The van der Waals surface area contributed by atoms with Gasteiger partial charge in [-0.05, 0) is 63.0 Å². The van der Waals surface area contributed by atoms with Crippen molar-refractivity contribution in [2.75, 3.05) is 12.0 Å². The molecule has 21 heavy (non-hydrogen) atoms. The Bertz CT molecular complexity index is 642. The maximum Gasteiger partial charge on any atom is 0.241 e. The summed E-state index contributed by atoms with van der Waals surface area (Å²) in [5.74, 6) is 0. The van der Waals surface area contributed by atoms with Crippen LogP contribution in [0.25, 0.3) is 0 Å². The third-order valence-electron chi connectivity index (χ3n) is 4.27. The number of rotatable bonds is 4. The van der Waals surface area contributed by atoms with Crippen LogP contribution in [0.2, 0.25) is 0 Å². The highest BCUT2D eigenvalue weighted by molar-refractivity contribution is 7.99. The van der Waals surface area contributed by atoms with Gasteiger partial charge in [-0.1, -0.05) is 6.07 Å². The SMILES string of the molecule is CSC1CCC(NS(=O)(=O)c2c(C)cc(C)c(N)c2C)C1. The van der Waals surface area contributed by atoms with Gasteiger partial charge in [-0.3, -0.25) is 0 Å². The van der Waals surface area contributed by atoms with Gasteiger partial charge in [0.15, 0.2) is 0 Å². The zero-order chi connectivity index (χ0) is 15.8. The van der Waals surface area contributed by atoms with Gasteiger partial charge >= 0.3 is 0 Å². The van der Waals surface area contributed by atoms with Crippen LogP contribution in [0.5, 0.6) is 0 Å². The lowest BCUT2D eigenvalue weighted by Gasteiger charge is -2.18. The van der Waals surface area contributed by atoms with E-state index in [1.165, 1.54) is 0 Å². The number of nitrogens with two attached hydrogens (primary N) is 1. The van der Waals surface area contributed by atoms with E-state index in [1.807, 2.05) is 31.7 Å². The summed E-state index contributed by atoms with van der Waals surface area (Å²) in [6, 6.07) is 1.88. The average molecular weight is 329 g/mol. The van der Waals surface area contributed by atoms with E-state index < -0.39 is 10.0 Å². The molecule has 1 aromatic rings. The molecule has 1 fully saturated rings. The largest absolute Gasteiger partial charge is 0.398 e. The van der Waals surface area contributed by atoms with Gasteiger partial charge in [-0.15, -0.1) is 0 Å². The Morgan fingerprint density at radius 3 is 2.48 bits per heavy atom. The quantitative estimate of drug-likeness (QED) is 0.834. The predicted octanol–water partition coefficient (Wildman–Crippen LogP) is 2.76. The number of nitrogens with one attached hydrogen (secondary N) is 1. The zero-order valence-corrected chi connectivity index (χ0v) is 14.7. The van der Waals surface area contributed by atoms with E-state index in [9.17, 15) is 8.42 Å². The van der Waals surface area contributed by atoms with Crippen LogP contribution in [0.4, 0.5) is 5.69 Å². The van der Waals surface area contributed by atoms with Crippen molar-refractivity contribution < 1.29 is 8.42 Å². The smallest absolute Gasteiger partial charge is 0.241 e. The van der Waals surface area contributed by atoms with Crippen LogP contribution in [0.15, 0.2) is 11.0 Å². The summed E-state index contributed by atoms with van der Waals surface area (Å²) in [7, 11) is -3.52. The Hall–Kier alpha value is -0.720. The van der Waals surface area contributed by atoms with E-state index >= 15 is 0 Å². The highest BCUT2D eigenvalue weighted by Crippen LogP contribution is 2.31. The molecule has 0 amide bonds. The molecule has 0 aliphatic heterocycles. The summed E-state index contributed by atoms with van der Waals surface area (Å²) in [4.78, 5) is 0.346. The van der Waals surface area contributed by atoms with Gasteiger partial charge < -0.3 is 5.73 Å². The van der Waals surface area contributed by atoms with Gasteiger partial charge in [0.05, 0.1) is 4.90 Å². The van der Waals surface area contributed by atoms with Gasteiger partial charge in [0.1, 0.15) is 0 Å². The molecule has 1 aliphatic rings. The molecule has 0 heterocycles. The molecule has 1 aliphatic carbocycles. The molecule has 118 valence electrons. The lowest BCUT2D eigenvalue weighted by atomic mass is 10.1. The van der Waals surface area contributed by atoms with Crippen molar-refractivity contribution in [1.82, 2.24) is 4.72 Å². The van der Waals surface area contributed by atoms with E-state index in [0.717, 1.165) is 30.4 Å². The normalized spacial score (nSPS) is 22.7. The molecule has 2 atom stereocenters. The van der Waals surface area contributed by atoms with Crippen LogP contribution in [-0.2, 0) is 10.0 Å². The molecular weight excluding hydrogens is 304 g/mol. The molecule has 2 rings (SSSR count). The Labute approximate surface area is 131 Å². The Morgan fingerprint density at radius 2 is 1.90 bits per heavy atom. The maximum absolute atomic E-state index is 12.7. The van der Waals surface area contributed by atoms with E-state index in [0.29, 0.717) is 21.4 Å². The molecule has 0 saturated heterocycles. The van der Waals surface area contributed by atoms with Gasteiger partial charge in [0, 0.05) is 17.0 Å². The number of hydrogen-bond donors (Lipinski definition) is 2. The molecule has 2 unspecified atom stereocenters. The third kappa shape index (κ3) is 3.38. The second-order valence-electron chi connectivity index (χ2n) is 5.87. The van der Waals surface area contributed by atoms with Gasteiger partial charge in [-0.25, -0.2) is 13.1 Å². The summed E-state index contributed by atoms with van der Waals surface area (Å²) in [6.45, 7) is 5.51. The molecule has 0 radical (unpaired) electrons. The fourth-order valence-corrected chi connectivity index (χ4v) is 5.70. The standard InChI is InChI=1S/C15H24N2O2S2/c1-9-7-10(2)15(11(3)14(9)16)21(18,19)17-12-5-6-13(8-12)20-4/h7,12-13,17H,5-6,8,16H2,1-4H3. The van der Waals surface area contributed by atoms with Crippen LogP contribution in [0.3, 0.4) is 0 Å². The Kier molecular flexibility index (Phi) is 4.90. The first-order valence-corrected chi connectivity index (χ1v) is 9.94. The summed E-state index contributed by atoms with van der Waals surface area (Å²) < 4.78 is 28.3. The summed E-state index contributed by atoms with van der Waals surface area (Å²) in [5.41, 5.74) is 8.90. The van der Waals surface area contributed by atoms with E-state index in [2.05, 4.69) is 11.0 Å². The fraction of sp³-hybridized carbons (Fsp3) is 0.600. The number of nitrogen functional groups attached to an aromatic ring is 1. The molecule has 0 aromatic heterocycles. The highest BCUT2D eigenvalue weighted by Gasteiger charge is 2.30. The first kappa shape index (κ1) is 16.6. The number of sulfonamides is 1. The topological polar surface area (TPSA) is 72.2 Å². The second-order valence-corrected chi connectivity index (χ2v) is 8.66. The third-order valence-corrected chi connectivity index (χ3v) is 7.17. The van der Waals surface area contributed by atoms with Crippen molar-refractivity contribution >= 4 is 27.5 Å². The fourth-order valence-electron chi connectivity index (χ4n) is 3.13. The van der Waals surface area contributed by atoms with Crippen LogP contribution < -0.4 is 10.5 Å². The monoisotopic (exact) mass is 328 g/mol. The highest BCUT2D eigenvalue weighted by atomic mass is 32.2. The minimum Gasteiger partial charge on any atom is -0.398 e. The molecule has 1 aromatic carbocycles. The maximum atomic E-state index is 12.7. The summed E-state index contributed by atoms with van der Waals surface area (Å²) >= 11 is 1.81. The van der Waals surface area contributed by atoms with Crippen LogP contribution in [0, 0.1) is 20.8 Å². The Balaban J connectivity index is 2.31. The molecule has 4 nitrogen and oxygen atoms in total. The second kappa shape index (κ2) is 6.18. The number of anilines is 1. The number of thioether (sulfide) groups is 1.